The van der Waals surface area contributed by atoms with Crippen LogP contribution in [0.25, 0.3) is 22.2 Å². The summed E-state index contributed by atoms with van der Waals surface area (Å²) in [5.41, 5.74) is 7.14. The number of carbonyl (C=O) groups excluding carboxylic acids is 1. The van der Waals surface area contributed by atoms with Gasteiger partial charge in [-0.25, -0.2) is 4.98 Å². The first-order valence-corrected chi connectivity index (χ1v) is 9.90. The molecule has 0 aliphatic rings. The molecule has 0 aliphatic carbocycles. The Hall–Kier alpha value is -3.66. The SMILES string of the molecule is COc1ccc(-c2nc3ccccc3c(C(=O)Nc3ccc(C)c(C)c3)c2C)cc1. The van der Waals surface area contributed by atoms with Crippen LogP contribution in [0.5, 0.6) is 5.75 Å². The second-order valence-electron chi connectivity index (χ2n) is 7.46. The van der Waals surface area contributed by atoms with E-state index >= 15 is 0 Å². The van der Waals surface area contributed by atoms with E-state index in [-0.39, 0.29) is 5.91 Å². The van der Waals surface area contributed by atoms with Crippen molar-refractivity contribution in [1.82, 2.24) is 4.98 Å². The molecular weight excluding hydrogens is 372 g/mol. The summed E-state index contributed by atoms with van der Waals surface area (Å²) in [7, 11) is 1.64. The van der Waals surface area contributed by atoms with Gasteiger partial charge in [0.05, 0.1) is 23.9 Å². The summed E-state index contributed by atoms with van der Waals surface area (Å²) >= 11 is 0. The molecule has 4 heteroatoms. The Kier molecular flexibility index (Phi) is 5.23. The third kappa shape index (κ3) is 3.64. The summed E-state index contributed by atoms with van der Waals surface area (Å²) in [5, 5.41) is 3.91. The van der Waals surface area contributed by atoms with E-state index in [1.807, 2.05) is 80.6 Å². The minimum Gasteiger partial charge on any atom is -0.497 e. The van der Waals surface area contributed by atoms with Gasteiger partial charge in [-0.3, -0.25) is 4.79 Å². The fraction of sp³-hybridized carbons (Fsp3) is 0.154. The zero-order valence-corrected chi connectivity index (χ0v) is 17.6. The molecular formula is C26H24N2O2. The summed E-state index contributed by atoms with van der Waals surface area (Å²) in [6.07, 6.45) is 0. The normalized spacial score (nSPS) is 10.8. The number of methoxy groups -OCH3 is 1. The number of para-hydroxylation sites is 1. The fourth-order valence-corrected chi connectivity index (χ4v) is 3.64. The van der Waals surface area contributed by atoms with Gasteiger partial charge in [-0.15, -0.1) is 0 Å². The van der Waals surface area contributed by atoms with Gasteiger partial charge in [0, 0.05) is 16.6 Å². The van der Waals surface area contributed by atoms with Gasteiger partial charge in [-0.05, 0) is 79.9 Å². The first kappa shape index (κ1) is 19.6. The van der Waals surface area contributed by atoms with E-state index in [1.54, 1.807) is 7.11 Å². The van der Waals surface area contributed by atoms with E-state index < -0.39 is 0 Å². The highest BCUT2D eigenvalue weighted by Gasteiger charge is 2.19. The third-order valence-corrected chi connectivity index (χ3v) is 5.49. The lowest BCUT2D eigenvalue weighted by Crippen LogP contribution is -2.15. The molecule has 0 radical (unpaired) electrons. The number of hydrogen-bond donors (Lipinski definition) is 1. The minimum absolute atomic E-state index is 0.135. The van der Waals surface area contributed by atoms with Gasteiger partial charge in [0.2, 0.25) is 0 Å². The average molecular weight is 396 g/mol. The second-order valence-corrected chi connectivity index (χ2v) is 7.46. The standard InChI is InChI=1S/C26H24N2O2/c1-16-9-12-20(15-17(16)2)27-26(29)24-18(3)25(19-10-13-21(30-4)14-11-19)28-23-8-6-5-7-22(23)24/h5-15H,1-4H3,(H,27,29). The van der Waals surface area contributed by atoms with Gasteiger partial charge in [-0.2, -0.15) is 0 Å². The number of nitrogens with zero attached hydrogens (tertiary/aromatic N) is 1. The highest BCUT2D eigenvalue weighted by molar-refractivity contribution is 6.14. The summed E-state index contributed by atoms with van der Waals surface area (Å²) in [6.45, 7) is 6.05. The number of aromatic nitrogens is 1. The lowest BCUT2D eigenvalue weighted by atomic mass is 9.97. The molecule has 4 rings (SSSR count). The van der Waals surface area contributed by atoms with Gasteiger partial charge in [0.1, 0.15) is 5.75 Å². The molecule has 1 amide bonds. The van der Waals surface area contributed by atoms with Crippen molar-refractivity contribution in [3.05, 3.63) is 89.0 Å². The number of carbonyl (C=O) groups is 1. The Morgan fingerprint density at radius 1 is 0.900 bits per heavy atom. The summed E-state index contributed by atoms with van der Waals surface area (Å²) in [4.78, 5) is 18.2. The van der Waals surface area contributed by atoms with Crippen LogP contribution in [0.2, 0.25) is 0 Å². The summed E-state index contributed by atoms with van der Waals surface area (Å²) in [5.74, 6) is 0.647. The molecule has 0 fully saturated rings. The molecule has 30 heavy (non-hydrogen) atoms. The van der Waals surface area contributed by atoms with Crippen molar-refractivity contribution >= 4 is 22.5 Å². The number of ether oxygens (including phenoxy) is 1. The van der Waals surface area contributed by atoms with Crippen molar-refractivity contribution < 1.29 is 9.53 Å². The van der Waals surface area contributed by atoms with Crippen LogP contribution in [0, 0.1) is 20.8 Å². The Labute approximate surface area is 176 Å². The first-order chi connectivity index (χ1) is 14.5. The minimum atomic E-state index is -0.135. The number of aryl methyl sites for hydroxylation is 2. The summed E-state index contributed by atoms with van der Waals surface area (Å²) in [6, 6.07) is 21.4. The number of nitrogens with one attached hydrogen (secondary N) is 1. The zero-order valence-electron chi connectivity index (χ0n) is 17.6. The zero-order chi connectivity index (χ0) is 21.3. The first-order valence-electron chi connectivity index (χ1n) is 9.90. The average Bonchev–Trinajstić information content (AvgIpc) is 2.76. The number of rotatable bonds is 4. The lowest BCUT2D eigenvalue weighted by molar-refractivity contribution is 0.102. The fourth-order valence-electron chi connectivity index (χ4n) is 3.64. The lowest BCUT2D eigenvalue weighted by Gasteiger charge is -2.15. The Morgan fingerprint density at radius 2 is 1.63 bits per heavy atom. The molecule has 0 saturated heterocycles. The molecule has 0 unspecified atom stereocenters. The van der Waals surface area contributed by atoms with Gasteiger partial charge >= 0.3 is 0 Å². The maximum absolute atomic E-state index is 13.4. The van der Waals surface area contributed by atoms with Gasteiger partial charge in [0.25, 0.3) is 5.91 Å². The molecule has 1 aromatic heterocycles. The topological polar surface area (TPSA) is 51.2 Å². The van der Waals surface area contributed by atoms with E-state index in [9.17, 15) is 4.79 Å². The second kappa shape index (κ2) is 7.99. The van der Waals surface area contributed by atoms with Crippen molar-refractivity contribution in [2.24, 2.45) is 0 Å². The number of fused-ring (bicyclic) bond motifs is 1. The van der Waals surface area contributed by atoms with E-state index in [2.05, 4.69) is 12.2 Å². The van der Waals surface area contributed by atoms with E-state index in [1.165, 1.54) is 5.56 Å². The molecule has 4 aromatic rings. The molecule has 0 atom stereocenters. The molecule has 1 N–H and O–H groups in total. The van der Waals surface area contributed by atoms with Crippen molar-refractivity contribution in [2.75, 3.05) is 12.4 Å². The molecule has 0 spiro atoms. The molecule has 4 nitrogen and oxygen atoms in total. The molecule has 3 aromatic carbocycles. The van der Waals surface area contributed by atoms with Crippen molar-refractivity contribution in [2.45, 2.75) is 20.8 Å². The van der Waals surface area contributed by atoms with Crippen LogP contribution in [0.15, 0.2) is 66.7 Å². The predicted octanol–water partition coefficient (Wildman–Crippen LogP) is 6.09. The molecule has 0 saturated carbocycles. The molecule has 150 valence electrons. The Balaban J connectivity index is 1.83. The molecule has 0 aliphatic heterocycles. The van der Waals surface area contributed by atoms with Crippen LogP contribution in [-0.2, 0) is 0 Å². The number of anilines is 1. The van der Waals surface area contributed by atoms with E-state index in [0.717, 1.165) is 44.7 Å². The predicted molar refractivity (Wildman–Crippen MR) is 122 cm³/mol. The Bertz CT molecular complexity index is 1240. The largest absolute Gasteiger partial charge is 0.497 e. The molecule has 0 bridgehead atoms. The van der Waals surface area contributed by atoms with Crippen LogP contribution in [0.4, 0.5) is 5.69 Å². The van der Waals surface area contributed by atoms with Crippen LogP contribution >= 0.6 is 0 Å². The number of benzene rings is 3. The maximum atomic E-state index is 13.4. The molecule has 1 heterocycles. The van der Waals surface area contributed by atoms with Crippen LogP contribution < -0.4 is 10.1 Å². The number of hydrogen-bond acceptors (Lipinski definition) is 3. The highest BCUT2D eigenvalue weighted by Crippen LogP contribution is 2.31. The van der Waals surface area contributed by atoms with Gasteiger partial charge in [0.15, 0.2) is 0 Å². The summed E-state index contributed by atoms with van der Waals surface area (Å²) < 4.78 is 5.27. The van der Waals surface area contributed by atoms with Crippen LogP contribution in [0.3, 0.4) is 0 Å². The van der Waals surface area contributed by atoms with Gasteiger partial charge < -0.3 is 10.1 Å². The van der Waals surface area contributed by atoms with Crippen molar-refractivity contribution in [3.63, 3.8) is 0 Å². The van der Waals surface area contributed by atoms with Crippen LogP contribution in [-0.4, -0.2) is 18.0 Å². The number of amides is 1. The van der Waals surface area contributed by atoms with Crippen molar-refractivity contribution in [3.8, 4) is 17.0 Å². The van der Waals surface area contributed by atoms with Crippen LogP contribution in [0.1, 0.15) is 27.0 Å². The highest BCUT2D eigenvalue weighted by atomic mass is 16.5. The quantitative estimate of drug-likeness (QED) is 0.454. The van der Waals surface area contributed by atoms with Gasteiger partial charge in [-0.1, -0.05) is 24.3 Å². The van der Waals surface area contributed by atoms with Crippen molar-refractivity contribution in [1.29, 1.82) is 0 Å². The maximum Gasteiger partial charge on any atom is 0.256 e. The van der Waals surface area contributed by atoms with E-state index in [4.69, 9.17) is 9.72 Å². The third-order valence-electron chi connectivity index (χ3n) is 5.49. The Morgan fingerprint density at radius 3 is 2.33 bits per heavy atom. The number of pyridine rings is 1. The monoisotopic (exact) mass is 396 g/mol. The smallest absolute Gasteiger partial charge is 0.256 e. The van der Waals surface area contributed by atoms with E-state index in [0.29, 0.717) is 5.56 Å².